The minimum absolute atomic E-state index is 0.0451. The van der Waals surface area contributed by atoms with Gasteiger partial charge in [0.05, 0.1) is 0 Å². The number of ether oxygens (including phenoxy) is 4. The van der Waals surface area contributed by atoms with Crippen LogP contribution in [0.15, 0.2) is 0 Å². The monoisotopic (exact) mass is 433 g/mol. The topological polar surface area (TPSA) is 134 Å². The maximum atomic E-state index is 12.4. The molecule has 0 spiro atoms. The normalized spacial score (nSPS) is 26.2. The highest BCUT2D eigenvalue weighted by molar-refractivity contribution is 8.00. The van der Waals surface area contributed by atoms with Gasteiger partial charge in [-0.25, -0.2) is 0 Å². The van der Waals surface area contributed by atoms with Gasteiger partial charge in [-0.3, -0.25) is 24.0 Å². The molecule has 5 atom stereocenters. The second-order valence-corrected chi connectivity index (χ2v) is 8.13. The fourth-order valence-corrected chi connectivity index (χ4v) is 4.15. The lowest BCUT2D eigenvalue weighted by atomic mass is 10.0. The summed E-state index contributed by atoms with van der Waals surface area (Å²) in [5, 5.41) is 2.69. The second-order valence-electron chi connectivity index (χ2n) is 6.93. The third-order valence-electron chi connectivity index (χ3n) is 3.60. The first-order chi connectivity index (χ1) is 13.4. The smallest absolute Gasteiger partial charge is 0.303 e. The Bertz CT molecular complexity index is 651. The lowest BCUT2D eigenvalue weighted by Crippen LogP contribution is -2.63. The second kappa shape index (κ2) is 11.0. The summed E-state index contributed by atoms with van der Waals surface area (Å²) in [6, 6.07) is -1.03. The molecule has 10 nitrogen and oxygen atoms in total. The summed E-state index contributed by atoms with van der Waals surface area (Å²) in [5.74, 6) is -3.07. The maximum absolute atomic E-state index is 12.4. The van der Waals surface area contributed by atoms with Gasteiger partial charge < -0.3 is 24.3 Å². The SMILES string of the molecule is CC(=O)OC1S[C@H](OC(C)=O)[C@@H](OC(C)=O)[C@H](OC(C)=O)[C@H]1NC(=O)CC(C)C. The summed E-state index contributed by atoms with van der Waals surface area (Å²) < 4.78 is 21.0. The van der Waals surface area contributed by atoms with E-state index in [-0.39, 0.29) is 18.2 Å². The van der Waals surface area contributed by atoms with Crippen LogP contribution in [-0.2, 0) is 42.9 Å². The highest BCUT2D eigenvalue weighted by Crippen LogP contribution is 2.37. The van der Waals surface area contributed by atoms with Crippen LogP contribution >= 0.6 is 11.8 Å². The van der Waals surface area contributed by atoms with Crippen LogP contribution in [0.4, 0.5) is 0 Å². The van der Waals surface area contributed by atoms with E-state index in [1.54, 1.807) is 0 Å². The van der Waals surface area contributed by atoms with Crippen molar-refractivity contribution in [2.45, 2.75) is 77.1 Å². The van der Waals surface area contributed by atoms with Crippen molar-refractivity contribution in [3.63, 3.8) is 0 Å². The number of amides is 1. The molecule has 1 amide bonds. The summed E-state index contributed by atoms with van der Waals surface area (Å²) in [6.07, 6.45) is -2.30. The van der Waals surface area contributed by atoms with Crippen molar-refractivity contribution in [1.29, 1.82) is 0 Å². The van der Waals surface area contributed by atoms with E-state index in [1.807, 2.05) is 13.8 Å². The van der Waals surface area contributed by atoms with Gasteiger partial charge in [0.25, 0.3) is 0 Å². The molecule has 1 aliphatic rings. The van der Waals surface area contributed by atoms with Crippen LogP contribution in [0.2, 0.25) is 0 Å². The van der Waals surface area contributed by atoms with Gasteiger partial charge in [-0.15, -0.1) is 0 Å². The highest BCUT2D eigenvalue weighted by atomic mass is 32.2. The Balaban J connectivity index is 3.34. The van der Waals surface area contributed by atoms with Crippen LogP contribution in [0.25, 0.3) is 0 Å². The lowest BCUT2D eigenvalue weighted by molar-refractivity contribution is -0.184. The predicted octanol–water partition coefficient (Wildman–Crippen LogP) is 0.906. The first-order valence-corrected chi connectivity index (χ1v) is 9.98. The molecule has 1 heterocycles. The maximum Gasteiger partial charge on any atom is 0.303 e. The molecule has 1 N–H and O–H groups in total. The molecule has 29 heavy (non-hydrogen) atoms. The summed E-state index contributed by atoms with van der Waals surface area (Å²) >= 11 is 0.869. The van der Waals surface area contributed by atoms with Crippen molar-refractivity contribution in [3.8, 4) is 0 Å². The first kappa shape index (κ1) is 24.7. The quantitative estimate of drug-likeness (QED) is 0.456. The van der Waals surface area contributed by atoms with E-state index in [2.05, 4.69) is 5.32 Å². The summed E-state index contributed by atoms with van der Waals surface area (Å²) in [4.78, 5) is 58.8. The molecule has 164 valence electrons. The van der Waals surface area contributed by atoms with Crippen LogP contribution in [-0.4, -0.2) is 58.9 Å². The first-order valence-electron chi connectivity index (χ1n) is 9.04. The predicted molar refractivity (Wildman–Crippen MR) is 101 cm³/mol. The van der Waals surface area contributed by atoms with Gasteiger partial charge in [-0.1, -0.05) is 25.6 Å². The molecule has 11 heteroatoms. The highest BCUT2D eigenvalue weighted by Gasteiger charge is 2.53. The number of hydrogen-bond acceptors (Lipinski definition) is 10. The van der Waals surface area contributed by atoms with Crippen LogP contribution in [0.5, 0.6) is 0 Å². The molecule has 1 unspecified atom stereocenters. The molecule has 0 aromatic carbocycles. The van der Waals surface area contributed by atoms with E-state index >= 15 is 0 Å². The molecule has 0 aliphatic carbocycles. The average Bonchev–Trinajstić information content (AvgIpc) is 2.51. The fraction of sp³-hybridized carbons (Fsp3) is 0.722. The van der Waals surface area contributed by atoms with Crippen molar-refractivity contribution in [1.82, 2.24) is 5.32 Å². The molecule has 0 radical (unpaired) electrons. The molecule has 0 bridgehead atoms. The van der Waals surface area contributed by atoms with Crippen molar-refractivity contribution in [2.24, 2.45) is 5.92 Å². The molecule has 1 rings (SSSR count). The molecular weight excluding hydrogens is 406 g/mol. The molecule has 1 saturated heterocycles. The van der Waals surface area contributed by atoms with Crippen LogP contribution < -0.4 is 5.32 Å². The van der Waals surface area contributed by atoms with Crippen molar-refractivity contribution in [2.75, 3.05) is 0 Å². The third kappa shape index (κ3) is 8.30. The zero-order valence-corrected chi connectivity index (χ0v) is 18.1. The zero-order valence-electron chi connectivity index (χ0n) is 17.3. The Kier molecular flexibility index (Phi) is 9.41. The van der Waals surface area contributed by atoms with Gasteiger partial charge >= 0.3 is 23.9 Å². The third-order valence-corrected chi connectivity index (χ3v) is 4.89. The number of thioether (sulfide) groups is 1. The van der Waals surface area contributed by atoms with E-state index in [9.17, 15) is 24.0 Å². The van der Waals surface area contributed by atoms with Gasteiger partial charge in [-0.2, -0.15) is 0 Å². The fourth-order valence-electron chi connectivity index (χ4n) is 2.74. The molecular formula is C18H27NO9S. The van der Waals surface area contributed by atoms with E-state index in [0.29, 0.717) is 0 Å². The van der Waals surface area contributed by atoms with Crippen LogP contribution in [0.1, 0.15) is 48.0 Å². The van der Waals surface area contributed by atoms with Crippen molar-refractivity contribution >= 4 is 41.5 Å². The Morgan fingerprint density at radius 2 is 1.21 bits per heavy atom. The number of rotatable bonds is 7. The Morgan fingerprint density at radius 1 is 0.759 bits per heavy atom. The Hall–Kier alpha value is -2.30. The standard InChI is InChI=1S/C18H27NO9S/c1-8(2)7-13(24)19-14-15(25-9(3)20)16(26-10(4)21)18(28-12(6)23)29-17(14)27-11(5)22/h8,14-18H,7H2,1-6H3,(H,19,24)/t14-,15-,16+,17?,18+/m1/s1. The van der Waals surface area contributed by atoms with E-state index < -0.39 is 53.0 Å². The van der Waals surface area contributed by atoms with Crippen molar-refractivity contribution < 1.29 is 42.9 Å². The molecule has 0 aromatic heterocycles. The van der Waals surface area contributed by atoms with Gasteiger partial charge in [0.2, 0.25) is 5.91 Å². The number of esters is 4. The van der Waals surface area contributed by atoms with Crippen LogP contribution in [0, 0.1) is 5.92 Å². The van der Waals surface area contributed by atoms with Gasteiger partial charge in [0.15, 0.2) is 23.1 Å². The van der Waals surface area contributed by atoms with Crippen molar-refractivity contribution in [3.05, 3.63) is 0 Å². The summed E-state index contributed by atoms with van der Waals surface area (Å²) in [6.45, 7) is 8.31. The van der Waals surface area contributed by atoms with Gasteiger partial charge in [0.1, 0.15) is 6.04 Å². The van der Waals surface area contributed by atoms with Gasteiger partial charge in [0, 0.05) is 34.1 Å². The largest absolute Gasteiger partial charge is 0.456 e. The lowest BCUT2D eigenvalue weighted by Gasteiger charge is -2.43. The number of carbonyl (C=O) groups excluding carboxylic acids is 5. The average molecular weight is 433 g/mol. The minimum atomic E-state index is -1.25. The summed E-state index contributed by atoms with van der Waals surface area (Å²) in [7, 11) is 0. The van der Waals surface area contributed by atoms with E-state index in [1.165, 1.54) is 6.92 Å². The van der Waals surface area contributed by atoms with Gasteiger partial charge in [-0.05, 0) is 5.92 Å². The molecule has 1 fully saturated rings. The Labute approximate surface area is 173 Å². The number of nitrogens with one attached hydrogen (secondary N) is 1. The molecule has 1 aliphatic heterocycles. The summed E-state index contributed by atoms with van der Waals surface area (Å²) in [5.41, 5.74) is -2.17. The van der Waals surface area contributed by atoms with E-state index in [0.717, 1.165) is 32.5 Å². The Morgan fingerprint density at radius 3 is 1.66 bits per heavy atom. The van der Waals surface area contributed by atoms with Crippen LogP contribution in [0.3, 0.4) is 0 Å². The number of carbonyl (C=O) groups is 5. The number of hydrogen-bond donors (Lipinski definition) is 1. The van der Waals surface area contributed by atoms with E-state index in [4.69, 9.17) is 18.9 Å². The molecule has 0 aromatic rings. The molecule has 0 saturated carbocycles. The zero-order chi connectivity index (χ0) is 22.3. The minimum Gasteiger partial charge on any atom is -0.456 e.